The van der Waals surface area contributed by atoms with Gasteiger partial charge in [-0.3, -0.25) is 0 Å². The van der Waals surface area contributed by atoms with Gasteiger partial charge < -0.3 is 18.9 Å². The molecule has 0 N–H and O–H groups in total. The number of nitrogens with zero attached hydrogens (tertiary/aromatic N) is 1. The Kier molecular flexibility index (Phi) is 9.61. The van der Waals surface area contributed by atoms with Crippen LogP contribution in [0.25, 0.3) is 0 Å². The summed E-state index contributed by atoms with van der Waals surface area (Å²) in [5, 5.41) is 0. The molecule has 1 aromatic rings. The van der Waals surface area contributed by atoms with Crippen LogP contribution in [-0.4, -0.2) is 64.2 Å². The zero-order valence-corrected chi connectivity index (χ0v) is 24.8. The van der Waals surface area contributed by atoms with E-state index in [2.05, 4.69) is 6.92 Å². The van der Waals surface area contributed by atoms with Gasteiger partial charge in [-0.05, 0) is 52.2 Å². The van der Waals surface area contributed by atoms with Gasteiger partial charge >= 0.3 is 11.9 Å². The molecule has 220 valence electrons. The van der Waals surface area contributed by atoms with Gasteiger partial charge in [-0.1, -0.05) is 30.5 Å². The Balaban J connectivity index is 0.000000210. The highest BCUT2D eigenvalue weighted by atomic mass is 32.2. The molecular weight excluding hydrogens is 534 g/mol. The van der Waals surface area contributed by atoms with Crippen molar-refractivity contribution in [2.45, 2.75) is 70.0 Å². The third-order valence-electron chi connectivity index (χ3n) is 8.77. The molecule has 1 aliphatic carbocycles. The molecule has 4 unspecified atom stereocenters. The first-order valence-corrected chi connectivity index (χ1v) is 15.5. The SMILES string of the molecule is COC(=O)C1=COC(C)C2CCCC[C@H]12.COC(=O)C1=COC(C)C2CN(S(=O)(=O)c3ccc(C)cc3)CC[C@H]12. The van der Waals surface area contributed by atoms with E-state index in [9.17, 15) is 18.0 Å². The average Bonchev–Trinajstić information content (AvgIpc) is 2.97. The van der Waals surface area contributed by atoms with E-state index in [0.717, 1.165) is 17.6 Å². The van der Waals surface area contributed by atoms with Crippen LogP contribution in [0.2, 0.25) is 0 Å². The van der Waals surface area contributed by atoms with E-state index >= 15 is 0 Å². The number of carbonyl (C=O) groups is 2. The monoisotopic (exact) mass is 575 g/mol. The van der Waals surface area contributed by atoms with Gasteiger partial charge in [0.2, 0.25) is 10.0 Å². The Hall–Kier alpha value is -2.85. The molecule has 5 rings (SSSR count). The van der Waals surface area contributed by atoms with Gasteiger partial charge in [0.1, 0.15) is 0 Å². The number of ether oxygens (including phenoxy) is 4. The molecule has 9 nitrogen and oxygen atoms in total. The van der Waals surface area contributed by atoms with Gasteiger partial charge in [0.15, 0.2) is 0 Å². The minimum Gasteiger partial charge on any atom is -0.497 e. The van der Waals surface area contributed by atoms with Crippen LogP contribution in [0.15, 0.2) is 52.8 Å². The highest BCUT2D eigenvalue weighted by Crippen LogP contribution is 2.41. The molecule has 2 fully saturated rings. The first-order valence-electron chi connectivity index (χ1n) is 14.0. The number of hydrogen-bond donors (Lipinski definition) is 0. The molecule has 0 amide bonds. The zero-order chi connectivity index (χ0) is 29.0. The van der Waals surface area contributed by atoms with Crippen LogP contribution < -0.4 is 0 Å². The molecule has 0 aromatic heterocycles. The molecule has 0 radical (unpaired) electrons. The Bertz CT molecular complexity index is 1240. The summed E-state index contributed by atoms with van der Waals surface area (Å²) in [4.78, 5) is 23.8. The number of benzene rings is 1. The standard InChI is InChI=1S/C18H23NO5S.C12H18O3/c1-12-4-6-14(7-5-12)25(21,22)19-9-8-15-16(10-19)13(2)24-11-17(15)18(20)23-3;1-8-9-5-3-4-6-10(9)11(7-15-8)12(13)14-2/h4-7,11,13,15-16H,8-10H2,1-3H3;7-10H,3-6H2,1-2H3/t13?,15-,16?;8?,9?,10-/m00/s1. The van der Waals surface area contributed by atoms with Gasteiger partial charge in [-0.2, -0.15) is 4.31 Å². The number of carbonyl (C=O) groups excluding carboxylic acids is 2. The molecule has 6 atom stereocenters. The van der Waals surface area contributed by atoms with Crippen molar-refractivity contribution in [2.75, 3.05) is 27.3 Å². The predicted octanol–water partition coefficient (Wildman–Crippen LogP) is 4.37. The van der Waals surface area contributed by atoms with E-state index in [0.29, 0.717) is 41.8 Å². The Morgan fingerprint density at radius 2 is 1.35 bits per heavy atom. The number of methoxy groups -OCH3 is 2. The second-order valence-electron chi connectivity index (χ2n) is 11.1. The minimum absolute atomic E-state index is 0.0410. The van der Waals surface area contributed by atoms with E-state index in [-0.39, 0.29) is 30.0 Å². The number of aryl methyl sites for hydroxylation is 1. The summed E-state index contributed by atoms with van der Waals surface area (Å²) in [7, 11) is -0.784. The van der Waals surface area contributed by atoms with E-state index in [1.54, 1.807) is 30.5 Å². The molecule has 4 aliphatic rings. The summed E-state index contributed by atoms with van der Waals surface area (Å²) < 4.78 is 48.1. The molecule has 0 bridgehead atoms. The normalized spacial score (nSPS) is 29.9. The largest absolute Gasteiger partial charge is 0.497 e. The topological polar surface area (TPSA) is 108 Å². The Morgan fingerprint density at radius 1 is 0.825 bits per heavy atom. The average molecular weight is 576 g/mol. The van der Waals surface area contributed by atoms with Crippen molar-refractivity contribution in [3.05, 3.63) is 53.5 Å². The lowest BCUT2D eigenvalue weighted by molar-refractivity contribution is -0.139. The lowest BCUT2D eigenvalue weighted by atomic mass is 9.72. The maximum atomic E-state index is 12.9. The molecule has 0 spiro atoms. The van der Waals surface area contributed by atoms with Gasteiger partial charge in [-0.15, -0.1) is 0 Å². The number of esters is 2. The number of fused-ring (bicyclic) bond motifs is 2. The van der Waals surface area contributed by atoms with Crippen LogP contribution in [0.5, 0.6) is 0 Å². The first-order chi connectivity index (χ1) is 19.1. The van der Waals surface area contributed by atoms with Crippen molar-refractivity contribution in [1.29, 1.82) is 0 Å². The molecule has 10 heteroatoms. The molecule has 3 heterocycles. The molecule has 1 saturated carbocycles. The number of rotatable bonds is 4. The fraction of sp³-hybridized carbons (Fsp3) is 0.600. The minimum atomic E-state index is -3.55. The maximum absolute atomic E-state index is 12.9. The molecule has 1 saturated heterocycles. The van der Waals surface area contributed by atoms with Gasteiger partial charge in [0.25, 0.3) is 0 Å². The lowest BCUT2D eigenvalue weighted by Gasteiger charge is -2.42. The van der Waals surface area contributed by atoms with Crippen molar-refractivity contribution < 1.29 is 37.0 Å². The van der Waals surface area contributed by atoms with Crippen LogP contribution in [-0.2, 0) is 38.6 Å². The second kappa shape index (κ2) is 12.8. The van der Waals surface area contributed by atoms with Crippen LogP contribution in [0.1, 0.15) is 51.5 Å². The summed E-state index contributed by atoms with van der Waals surface area (Å²) >= 11 is 0. The quantitative estimate of drug-likeness (QED) is 0.487. The van der Waals surface area contributed by atoms with E-state index in [4.69, 9.17) is 18.9 Å². The highest BCUT2D eigenvalue weighted by Gasteiger charge is 2.44. The fourth-order valence-electron chi connectivity index (χ4n) is 6.37. The maximum Gasteiger partial charge on any atom is 0.337 e. The van der Waals surface area contributed by atoms with E-state index < -0.39 is 16.0 Å². The molecular formula is C30H41NO8S. The van der Waals surface area contributed by atoms with Crippen molar-refractivity contribution in [1.82, 2.24) is 4.31 Å². The Morgan fingerprint density at radius 3 is 1.93 bits per heavy atom. The summed E-state index contributed by atoms with van der Waals surface area (Å²) in [5.41, 5.74) is 2.25. The van der Waals surface area contributed by atoms with E-state index in [1.165, 1.54) is 44.0 Å². The molecule has 1 aromatic carbocycles. The lowest BCUT2D eigenvalue weighted by Crippen LogP contribution is -2.50. The summed E-state index contributed by atoms with van der Waals surface area (Å²) in [5.74, 6) is 0.108. The number of piperidine rings is 1. The summed E-state index contributed by atoms with van der Waals surface area (Å²) in [6.07, 6.45) is 8.47. The summed E-state index contributed by atoms with van der Waals surface area (Å²) in [6, 6.07) is 6.86. The number of sulfonamides is 1. The number of hydrogen-bond acceptors (Lipinski definition) is 8. The first kappa shape index (κ1) is 30.1. The third-order valence-corrected chi connectivity index (χ3v) is 10.6. The van der Waals surface area contributed by atoms with Crippen LogP contribution in [0.3, 0.4) is 0 Å². The zero-order valence-electron chi connectivity index (χ0n) is 24.0. The van der Waals surface area contributed by atoms with Crippen LogP contribution in [0, 0.1) is 30.6 Å². The van der Waals surface area contributed by atoms with Crippen molar-refractivity contribution in [3.63, 3.8) is 0 Å². The van der Waals surface area contributed by atoms with Crippen molar-refractivity contribution in [3.8, 4) is 0 Å². The van der Waals surface area contributed by atoms with Crippen LogP contribution >= 0.6 is 0 Å². The van der Waals surface area contributed by atoms with Gasteiger partial charge in [0, 0.05) is 36.8 Å². The second-order valence-corrected chi connectivity index (χ2v) is 13.0. The fourth-order valence-corrected chi connectivity index (χ4v) is 7.86. The smallest absolute Gasteiger partial charge is 0.337 e. The predicted molar refractivity (Wildman–Crippen MR) is 148 cm³/mol. The van der Waals surface area contributed by atoms with Gasteiger partial charge in [0.05, 0.1) is 55.0 Å². The van der Waals surface area contributed by atoms with Crippen molar-refractivity contribution >= 4 is 22.0 Å². The van der Waals surface area contributed by atoms with Gasteiger partial charge in [-0.25, -0.2) is 18.0 Å². The highest BCUT2D eigenvalue weighted by molar-refractivity contribution is 7.89. The summed E-state index contributed by atoms with van der Waals surface area (Å²) in [6.45, 7) is 6.62. The van der Waals surface area contributed by atoms with Crippen LogP contribution in [0.4, 0.5) is 0 Å². The van der Waals surface area contributed by atoms with Crippen molar-refractivity contribution in [2.24, 2.45) is 23.7 Å². The van der Waals surface area contributed by atoms with E-state index in [1.807, 2.05) is 13.8 Å². The Labute approximate surface area is 237 Å². The molecule has 3 aliphatic heterocycles. The molecule has 40 heavy (non-hydrogen) atoms. The third kappa shape index (κ3) is 6.22.